The number of amides is 1. The second-order valence-corrected chi connectivity index (χ2v) is 7.71. The number of hydrogen-bond acceptors (Lipinski definition) is 6. The highest BCUT2D eigenvalue weighted by Crippen LogP contribution is 2.42. The minimum Gasteiger partial charge on any atom is -0.474 e. The van der Waals surface area contributed by atoms with Crippen LogP contribution in [0.4, 0.5) is 13.2 Å². The van der Waals surface area contributed by atoms with Crippen molar-refractivity contribution in [3.63, 3.8) is 0 Å². The molecule has 5 N–H and O–H groups in total. The van der Waals surface area contributed by atoms with Gasteiger partial charge in [-0.3, -0.25) is 15.0 Å². The fraction of sp³-hybridized carbons (Fsp3) is 0.421. The molecule has 14 heteroatoms. The molecular weight excluding hydrogens is 492 g/mol. The second kappa shape index (κ2) is 11.4. The Morgan fingerprint density at radius 1 is 1.33 bits per heavy atom. The van der Waals surface area contributed by atoms with Gasteiger partial charge in [0.15, 0.2) is 0 Å². The normalized spacial score (nSPS) is 16.8. The number of esters is 1. The van der Waals surface area contributed by atoms with Gasteiger partial charge in [-0.1, -0.05) is 23.2 Å². The molecule has 1 aromatic rings. The number of guanidine groups is 1. The Bertz CT molecular complexity index is 956. The molecule has 182 valence electrons. The lowest BCUT2D eigenvalue weighted by molar-refractivity contribution is -0.185. The first-order valence-corrected chi connectivity index (χ1v) is 10.3. The number of unbranched alkanes of at least 4 members (excludes halogenated alkanes) is 1. The van der Waals surface area contributed by atoms with Crippen molar-refractivity contribution in [3.05, 3.63) is 33.3 Å². The van der Waals surface area contributed by atoms with Gasteiger partial charge in [0.05, 0.1) is 17.7 Å². The van der Waals surface area contributed by atoms with Crippen molar-refractivity contribution in [2.45, 2.75) is 37.6 Å². The summed E-state index contributed by atoms with van der Waals surface area (Å²) in [5.41, 5.74) is 6.23. The molecule has 1 aromatic carbocycles. The number of carbonyl (C=O) groups excluding carboxylic acids is 2. The number of alkyl halides is 3. The number of fused-ring (bicyclic) bond motifs is 1. The highest BCUT2D eigenvalue weighted by molar-refractivity contribution is 6.36. The van der Waals surface area contributed by atoms with Crippen molar-refractivity contribution >= 4 is 47.1 Å². The molecule has 9 nitrogen and oxygen atoms in total. The Labute approximate surface area is 196 Å². The number of methoxy groups -OCH3 is 1. The summed E-state index contributed by atoms with van der Waals surface area (Å²) in [4.78, 5) is 28.6. The Kier molecular flexibility index (Phi) is 9.20. The molecular formula is C19H21Cl2F3N4O5. The number of nitrogens with zero attached hydrogens (tertiary/aromatic N) is 1. The van der Waals surface area contributed by atoms with E-state index in [1.165, 1.54) is 12.1 Å². The monoisotopic (exact) mass is 512 g/mol. The summed E-state index contributed by atoms with van der Waals surface area (Å²) in [5.74, 6) is -2.46. The van der Waals surface area contributed by atoms with Gasteiger partial charge >= 0.3 is 12.1 Å². The highest BCUT2D eigenvalue weighted by Gasteiger charge is 2.49. The Morgan fingerprint density at radius 2 is 2.03 bits per heavy atom. The first-order valence-electron chi connectivity index (χ1n) is 9.50. The third kappa shape index (κ3) is 7.14. The lowest BCUT2D eigenvalue weighted by atomic mass is 9.99. The largest absolute Gasteiger partial charge is 0.474 e. The zero-order valence-electron chi connectivity index (χ0n) is 17.2. The van der Waals surface area contributed by atoms with E-state index in [4.69, 9.17) is 38.9 Å². The summed E-state index contributed by atoms with van der Waals surface area (Å²) < 4.78 is 50.6. The van der Waals surface area contributed by atoms with Gasteiger partial charge in [-0.05, 0) is 37.5 Å². The minimum atomic E-state index is -4.94. The van der Waals surface area contributed by atoms with Crippen LogP contribution in [0.25, 0.3) is 6.08 Å². The summed E-state index contributed by atoms with van der Waals surface area (Å²) in [6.07, 6.45) is -5.77. The molecule has 1 heterocycles. The van der Waals surface area contributed by atoms with Gasteiger partial charge in [0.25, 0.3) is 5.91 Å². The van der Waals surface area contributed by atoms with Crippen LogP contribution in [0.1, 0.15) is 24.8 Å². The fourth-order valence-electron chi connectivity index (χ4n) is 2.99. The van der Waals surface area contributed by atoms with E-state index in [2.05, 4.69) is 15.0 Å². The van der Waals surface area contributed by atoms with Crippen LogP contribution in [0.15, 0.2) is 22.7 Å². The lowest BCUT2D eigenvalue weighted by Crippen LogP contribution is -2.48. The molecule has 0 aliphatic carbocycles. The van der Waals surface area contributed by atoms with Gasteiger partial charge in [0.2, 0.25) is 12.1 Å². The van der Waals surface area contributed by atoms with Gasteiger partial charge in [0, 0.05) is 17.1 Å². The van der Waals surface area contributed by atoms with Gasteiger partial charge < -0.3 is 20.5 Å². The maximum atomic E-state index is 13.6. The van der Waals surface area contributed by atoms with Crippen LogP contribution < -0.4 is 21.3 Å². The number of nitrogens with two attached hydrogens (primary N) is 1. The SMILES string of the molecule is COC(=O)C(CCCCN=C(N)NO)NC(=O)C1=Cc2cc(Cl)cc(Cl)c2O[C@@H]1C(F)(F)F. The standard InChI is InChI=1S/C19H21Cl2F3N4O5/c1-32-17(30)13(4-2-3-5-26-18(25)28-31)27-16(29)11-7-9-6-10(20)8-12(21)14(9)33-15(11)19(22,23)24/h6-8,13,15,31H,2-5H2,1H3,(H,27,29)(H3,25,26,28)/t13?,15-/m0/s1. The Balaban J connectivity index is 2.22. The predicted molar refractivity (Wildman–Crippen MR) is 114 cm³/mol. The summed E-state index contributed by atoms with van der Waals surface area (Å²) in [6, 6.07) is 1.29. The smallest absolute Gasteiger partial charge is 0.429 e. The van der Waals surface area contributed by atoms with E-state index in [0.29, 0.717) is 12.8 Å². The predicted octanol–water partition coefficient (Wildman–Crippen LogP) is 2.82. The highest BCUT2D eigenvalue weighted by atomic mass is 35.5. The molecule has 2 rings (SSSR count). The Morgan fingerprint density at radius 3 is 2.64 bits per heavy atom. The topological polar surface area (TPSA) is 135 Å². The third-order valence-electron chi connectivity index (χ3n) is 4.51. The quantitative estimate of drug-likeness (QED) is 0.138. The number of carbonyl (C=O) groups is 2. The molecule has 0 spiro atoms. The zero-order valence-corrected chi connectivity index (χ0v) is 18.7. The molecule has 1 aliphatic rings. The third-order valence-corrected chi connectivity index (χ3v) is 5.01. The average Bonchev–Trinajstić information content (AvgIpc) is 2.75. The van der Waals surface area contributed by atoms with Gasteiger partial charge in [-0.25, -0.2) is 10.3 Å². The summed E-state index contributed by atoms with van der Waals surface area (Å²) in [7, 11) is 1.08. The minimum absolute atomic E-state index is 0.0550. The molecule has 0 fully saturated rings. The number of benzene rings is 1. The van der Waals surface area contributed by atoms with Crippen molar-refractivity contribution in [3.8, 4) is 5.75 Å². The van der Waals surface area contributed by atoms with Crippen molar-refractivity contribution < 1.29 is 37.4 Å². The Hall–Kier alpha value is -2.70. The van der Waals surface area contributed by atoms with Crippen molar-refractivity contribution in [1.82, 2.24) is 10.8 Å². The van der Waals surface area contributed by atoms with E-state index in [0.717, 1.165) is 13.2 Å². The van der Waals surface area contributed by atoms with Gasteiger partial charge in [-0.2, -0.15) is 13.2 Å². The summed E-state index contributed by atoms with van der Waals surface area (Å²) in [6.45, 7) is 0.203. The van der Waals surface area contributed by atoms with E-state index in [-0.39, 0.29) is 40.3 Å². The molecule has 0 saturated carbocycles. The number of hydrogen-bond donors (Lipinski definition) is 4. The van der Waals surface area contributed by atoms with Crippen molar-refractivity contribution in [2.75, 3.05) is 13.7 Å². The van der Waals surface area contributed by atoms with Crippen LogP contribution in [-0.2, 0) is 14.3 Å². The molecule has 0 saturated heterocycles. The fourth-order valence-corrected chi connectivity index (χ4v) is 3.55. The summed E-state index contributed by atoms with van der Waals surface area (Å²) >= 11 is 11.8. The van der Waals surface area contributed by atoms with E-state index >= 15 is 0 Å². The zero-order chi connectivity index (χ0) is 24.8. The van der Waals surface area contributed by atoms with E-state index in [9.17, 15) is 22.8 Å². The summed E-state index contributed by atoms with van der Waals surface area (Å²) in [5, 5.41) is 10.8. The van der Waals surface area contributed by atoms with Crippen LogP contribution in [0, 0.1) is 0 Å². The first-order chi connectivity index (χ1) is 15.5. The lowest BCUT2D eigenvalue weighted by Gasteiger charge is -2.29. The molecule has 0 aromatic heterocycles. The van der Waals surface area contributed by atoms with Gasteiger partial charge in [-0.15, -0.1) is 0 Å². The number of ether oxygens (including phenoxy) is 2. The van der Waals surface area contributed by atoms with Crippen LogP contribution in [-0.4, -0.2) is 55.0 Å². The molecule has 1 aliphatic heterocycles. The van der Waals surface area contributed by atoms with Crippen LogP contribution in [0.5, 0.6) is 5.75 Å². The van der Waals surface area contributed by atoms with Gasteiger partial charge in [0.1, 0.15) is 11.8 Å². The van der Waals surface area contributed by atoms with E-state index in [1.807, 2.05) is 0 Å². The number of rotatable bonds is 8. The number of halogens is 5. The molecule has 1 amide bonds. The maximum absolute atomic E-state index is 13.6. The molecule has 33 heavy (non-hydrogen) atoms. The average molecular weight is 513 g/mol. The number of nitrogens with one attached hydrogen (secondary N) is 2. The second-order valence-electron chi connectivity index (χ2n) is 6.87. The van der Waals surface area contributed by atoms with E-state index in [1.54, 1.807) is 5.48 Å². The van der Waals surface area contributed by atoms with Crippen LogP contribution in [0.3, 0.4) is 0 Å². The molecule has 0 radical (unpaired) electrons. The molecule has 1 unspecified atom stereocenters. The number of aliphatic imine (C=N–C) groups is 1. The van der Waals surface area contributed by atoms with E-state index < -0.39 is 35.8 Å². The molecule has 0 bridgehead atoms. The van der Waals surface area contributed by atoms with Crippen LogP contribution in [0.2, 0.25) is 10.0 Å². The van der Waals surface area contributed by atoms with Crippen molar-refractivity contribution in [1.29, 1.82) is 0 Å². The number of hydroxylamine groups is 1. The van der Waals surface area contributed by atoms with Crippen molar-refractivity contribution in [2.24, 2.45) is 10.7 Å². The van der Waals surface area contributed by atoms with Crippen LogP contribution >= 0.6 is 23.2 Å². The first kappa shape index (κ1) is 26.6. The molecule has 2 atom stereocenters. The maximum Gasteiger partial charge on any atom is 0.429 e.